The standard InChI is InChI=1S/C15H22ClN3O2S2/c1-19(11-14(20)17-7-9-21-2)15(22)18-8-10-23-13-5-3-12(16)4-6-13/h3-6H,7-11H2,1-2H3,(H,17,20)(H,18,22). The van der Waals surface area contributed by atoms with Gasteiger partial charge in [-0.3, -0.25) is 4.79 Å². The van der Waals surface area contributed by atoms with Gasteiger partial charge in [-0.1, -0.05) is 11.6 Å². The Kier molecular flexibility index (Phi) is 10.0. The zero-order chi connectivity index (χ0) is 17.1. The summed E-state index contributed by atoms with van der Waals surface area (Å²) in [5.74, 6) is 0.791. The topological polar surface area (TPSA) is 53.6 Å². The molecule has 8 heteroatoms. The third kappa shape index (κ3) is 9.00. The first-order valence-corrected chi connectivity index (χ1v) is 8.93. The number of carbonyl (C=O) groups is 1. The lowest BCUT2D eigenvalue weighted by Gasteiger charge is -2.20. The van der Waals surface area contributed by atoms with Gasteiger partial charge in [-0.25, -0.2) is 0 Å². The number of ether oxygens (including phenoxy) is 1. The van der Waals surface area contributed by atoms with Gasteiger partial charge in [0.05, 0.1) is 13.2 Å². The highest BCUT2D eigenvalue weighted by molar-refractivity contribution is 7.99. The van der Waals surface area contributed by atoms with Crippen molar-refractivity contribution in [3.8, 4) is 0 Å². The molecule has 1 aromatic rings. The van der Waals surface area contributed by atoms with E-state index >= 15 is 0 Å². The third-order valence-electron chi connectivity index (χ3n) is 2.82. The molecule has 0 aliphatic heterocycles. The smallest absolute Gasteiger partial charge is 0.239 e. The van der Waals surface area contributed by atoms with Crippen LogP contribution in [0.5, 0.6) is 0 Å². The van der Waals surface area contributed by atoms with E-state index in [9.17, 15) is 4.79 Å². The fourth-order valence-corrected chi connectivity index (χ4v) is 2.69. The zero-order valence-electron chi connectivity index (χ0n) is 13.3. The van der Waals surface area contributed by atoms with E-state index in [2.05, 4.69) is 10.6 Å². The Morgan fingerprint density at radius 2 is 2.00 bits per heavy atom. The molecular formula is C15H22ClN3O2S2. The monoisotopic (exact) mass is 375 g/mol. The van der Waals surface area contributed by atoms with Gasteiger partial charge in [0.25, 0.3) is 0 Å². The number of rotatable bonds is 9. The van der Waals surface area contributed by atoms with E-state index in [1.807, 2.05) is 24.3 Å². The molecule has 0 atom stereocenters. The van der Waals surface area contributed by atoms with Crippen molar-refractivity contribution < 1.29 is 9.53 Å². The van der Waals surface area contributed by atoms with E-state index < -0.39 is 0 Å². The molecule has 0 aliphatic carbocycles. The number of nitrogens with one attached hydrogen (secondary N) is 2. The number of hydrogen-bond acceptors (Lipinski definition) is 4. The molecule has 0 saturated carbocycles. The van der Waals surface area contributed by atoms with Gasteiger partial charge in [0.15, 0.2) is 5.11 Å². The summed E-state index contributed by atoms with van der Waals surface area (Å²) < 4.78 is 4.88. The lowest BCUT2D eigenvalue weighted by atomic mass is 10.4. The maximum Gasteiger partial charge on any atom is 0.239 e. The second kappa shape index (κ2) is 11.5. The van der Waals surface area contributed by atoms with Crippen molar-refractivity contribution in [1.29, 1.82) is 0 Å². The molecular weight excluding hydrogens is 354 g/mol. The second-order valence-corrected chi connectivity index (χ2v) is 6.72. The summed E-state index contributed by atoms with van der Waals surface area (Å²) >= 11 is 12.8. The van der Waals surface area contributed by atoms with Gasteiger partial charge in [-0.05, 0) is 36.5 Å². The number of benzene rings is 1. The molecule has 0 unspecified atom stereocenters. The van der Waals surface area contributed by atoms with Crippen LogP contribution >= 0.6 is 35.6 Å². The normalized spacial score (nSPS) is 10.2. The number of hydrogen-bond donors (Lipinski definition) is 2. The molecule has 2 N–H and O–H groups in total. The lowest BCUT2D eigenvalue weighted by molar-refractivity contribution is -0.121. The molecule has 0 bridgehead atoms. The van der Waals surface area contributed by atoms with Crippen LogP contribution in [0.1, 0.15) is 0 Å². The molecule has 128 valence electrons. The third-order valence-corrected chi connectivity index (χ3v) is 4.54. The van der Waals surface area contributed by atoms with Gasteiger partial charge < -0.3 is 20.3 Å². The van der Waals surface area contributed by atoms with E-state index in [1.54, 1.807) is 30.8 Å². The van der Waals surface area contributed by atoms with Crippen LogP contribution in [0.3, 0.4) is 0 Å². The Bertz CT molecular complexity index is 500. The van der Waals surface area contributed by atoms with E-state index in [1.165, 1.54) is 0 Å². The van der Waals surface area contributed by atoms with Gasteiger partial charge >= 0.3 is 0 Å². The van der Waals surface area contributed by atoms with Crippen LogP contribution in [-0.4, -0.2) is 62.1 Å². The molecule has 0 spiro atoms. The van der Waals surface area contributed by atoms with Crippen LogP contribution in [0.25, 0.3) is 0 Å². The Morgan fingerprint density at radius 3 is 2.65 bits per heavy atom. The summed E-state index contributed by atoms with van der Waals surface area (Å²) in [5.41, 5.74) is 0. The zero-order valence-corrected chi connectivity index (χ0v) is 15.7. The van der Waals surface area contributed by atoms with Crippen LogP contribution in [0.4, 0.5) is 0 Å². The number of thiocarbonyl (C=S) groups is 1. The first-order chi connectivity index (χ1) is 11.0. The minimum Gasteiger partial charge on any atom is -0.383 e. The number of nitrogens with zero attached hydrogens (tertiary/aromatic N) is 1. The van der Waals surface area contributed by atoms with Gasteiger partial charge in [-0.2, -0.15) is 0 Å². The summed E-state index contributed by atoms with van der Waals surface area (Å²) in [4.78, 5) is 14.5. The van der Waals surface area contributed by atoms with Crippen molar-refractivity contribution in [2.45, 2.75) is 4.90 Å². The minimum absolute atomic E-state index is 0.0794. The van der Waals surface area contributed by atoms with Crippen LogP contribution < -0.4 is 10.6 Å². The lowest BCUT2D eigenvalue weighted by Crippen LogP contribution is -2.44. The first-order valence-electron chi connectivity index (χ1n) is 7.16. The maximum absolute atomic E-state index is 11.7. The number of thioether (sulfide) groups is 1. The van der Waals surface area contributed by atoms with E-state index in [-0.39, 0.29) is 12.5 Å². The van der Waals surface area contributed by atoms with Gasteiger partial charge in [-0.15, -0.1) is 11.8 Å². The average Bonchev–Trinajstić information content (AvgIpc) is 2.53. The molecule has 5 nitrogen and oxygen atoms in total. The Labute approximate surface area is 152 Å². The van der Waals surface area contributed by atoms with Crippen LogP contribution in [-0.2, 0) is 9.53 Å². The Morgan fingerprint density at radius 1 is 1.30 bits per heavy atom. The molecule has 0 fully saturated rings. The van der Waals surface area contributed by atoms with Crippen molar-refractivity contribution in [2.24, 2.45) is 0 Å². The van der Waals surface area contributed by atoms with E-state index in [0.29, 0.717) is 18.3 Å². The van der Waals surface area contributed by atoms with Crippen LogP contribution in [0.15, 0.2) is 29.2 Å². The van der Waals surface area contributed by atoms with Crippen molar-refractivity contribution in [1.82, 2.24) is 15.5 Å². The largest absolute Gasteiger partial charge is 0.383 e. The molecule has 0 aromatic heterocycles. The Hall–Kier alpha value is -1.02. The highest BCUT2D eigenvalue weighted by Gasteiger charge is 2.08. The van der Waals surface area contributed by atoms with Crippen molar-refractivity contribution in [2.75, 3.05) is 46.2 Å². The molecule has 0 saturated heterocycles. The average molecular weight is 376 g/mol. The SMILES string of the molecule is COCCNC(=O)CN(C)C(=S)NCCSc1ccc(Cl)cc1. The molecule has 0 heterocycles. The fraction of sp³-hybridized carbons (Fsp3) is 0.467. The minimum atomic E-state index is -0.0794. The predicted octanol–water partition coefficient (Wildman–Crippen LogP) is 2.00. The molecule has 1 rings (SSSR count). The van der Waals surface area contributed by atoms with Crippen molar-refractivity contribution in [3.63, 3.8) is 0 Å². The molecule has 0 radical (unpaired) electrons. The van der Waals surface area contributed by atoms with Crippen LogP contribution in [0, 0.1) is 0 Å². The van der Waals surface area contributed by atoms with Gasteiger partial charge in [0, 0.05) is 42.9 Å². The molecule has 23 heavy (non-hydrogen) atoms. The molecule has 1 amide bonds. The van der Waals surface area contributed by atoms with Crippen molar-refractivity contribution >= 4 is 46.6 Å². The number of methoxy groups -OCH3 is 1. The molecule has 1 aromatic carbocycles. The quantitative estimate of drug-likeness (QED) is 0.391. The van der Waals surface area contributed by atoms with Crippen LogP contribution in [0.2, 0.25) is 5.02 Å². The fourth-order valence-electron chi connectivity index (χ4n) is 1.63. The van der Waals surface area contributed by atoms with Gasteiger partial charge in [0.2, 0.25) is 5.91 Å². The second-order valence-electron chi connectivity index (χ2n) is 4.73. The summed E-state index contributed by atoms with van der Waals surface area (Å²) in [7, 11) is 3.39. The van der Waals surface area contributed by atoms with Gasteiger partial charge in [0.1, 0.15) is 0 Å². The maximum atomic E-state index is 11.7. The number of halogens is 1. The number of likely N-dealkylation sites (N-methyl/N-ethyl adjacent to an activating group) is 1. The van der Waals surface area contributed by atoms with E-state index in [4.69, 9.17) is 28.6 Å². The summed E-state index contributed by atoms with van der Waals surface area (Å²) in [6.07, 6.45) is 0. The highest BCUT2D eigenvalue weighted by atomic mass is 35.5. The Balaban J connectivity index is 2.17. The summed E-state index contributed by atoms with van der Waals surface area (Å²) in [5, 5.41) is 7.19. The summed E-state index contributed by atoms with van der Waals surface area (Å²) in [6.45, 7) is 1.95. The summed E-state index contributed by atoms with van der Waals surface area (Å²) in [6, 6.07) is 7.72. The molecule has 0 aliphatic rings. The predicted molar refractivity (Wildman–Crippen MR) is 100 cm³/mol. The number of carbonyl (C=O) groups excluding carboxylic acids is 1. The van der Waals surface area contributed by atoms with E-state index in [0.717, 1.165) is 22.2 Å². The first kappa shape index (κ1) is 20.0. The van der Waals surface area contributed by atoms with Crippen molar-refractivity contribution in [3.05, 3.63) is 29.3 Å². The number of amides is 1. The highest BCUT2D eigenvalue weighted by Crippen LogP contribution is 2.19.